The topological polar surface area (TPSA) is 35.5 Å². The van der Waals surface area contributed by atoms with Crippen LogP contribution in [0.4, 0.5) is 0 Å². The van der Waals surface area contributed by atoms with Crippen molar-refractivity contribution in [2.75, 3.05) is 0 Å². The van der Waals surface area contributed by atoms with E-state index in [4.69, 9.17) is 54.8 Å². The Morgan fingerprint density at radius 3 is 1.56 bits per heavy atom. The Labute approximate surface area is 114 Å². The molecule has 0 aliphatic carbocycles. The van der Waals surface area contributed by atoms with Crippen molar-refractivity contribution in [3.05, 3.63) is 31.2 Å². The molecule has 0 amide bonds. The van der Waals surface area contributed by atoms with E-state index in [0.29, 0.717) is 11.1 Å². The lowest BCUT2D eigenvalue weighted by molar-refractivity contribution is 0.255. The standard InChI is InChI=1S/C8H4Cl4O3S/c9-5-3-1-14-16(13)15-2-4(3)6(10)8(12)7(5)11/h1-2H2. The van der Waals surface area contributed by atoms with Crippen LogP contribution < -0.4 is 0 Å². The van der Waals surface area contributed by atoms with Gasteiger partial charge < -0.3 is 0 Å². The highest BCUT2D eigenvalue weighted by molar-refractivity contribution is 7.75. The Hall–Kier alpha value is 0.450. The van der Waals surface area contributed by atoms with Gasteiger partial charge in [-0.3, -0.25) is 8.37 Å². The van der Waals surface area contributed by atoms with E-state index in [1.807, 2.05) is 0 Å². The van der Waals surface area contributed by atoms with Gasteiger partial charge in [0, 0.05) is 11.1 Å². The summed E-state index contributed by atoms with van der Waals surface area (Å²) in [6, 6.07) is 0. The van der Waals surface area contributed by atoms with Crippen LogP contribution in [0.15, 0.2) is 0 Å². The smallest absolute Gasteiger partial charge is 0.264 e. The number of hydrogen-bond donors (Lipinski definition) is 0. The fourth-order valence-corrected chi connectivity index (χ4v) is 2.81. The summed E-state index contributed by atoms with van der Waals surface area (Å²) in [5.74, 6) is 0. The summed E-state index contributed by atoms with van der Waals surface area (Å²) in [5.41, 5.74) is 1.10. The Bertz CT molecular complexity index is 436. The molecule has 1 heterocycles. The van der Waals surface area contributed by atoms with Gasteiger partial charge in [-0.05, 0) is 0 Å². The third-order valence-corrected chi connectivity index (χ3v) is 4.57. The molecule has 0 N–H and O–H groups in total. The molecule has 0 saturated heterocycles. The Morgan fingerprint density at radius 2 is 1.19 bits per heavy atom. The lowest BCUT2D eigenvalue weighted by atomic mass is 10.1. The number of fused-ring (bicyclic) bond motifs is 1. The molecule has 0 saturated carbocycles. The molecule has 0 atom stereocenters. The van der Waals surface area contributed by atoms with Gasteiger partial charge in [0.2, 0.25) is 0 Å². The number of benzene rings is 1. The average Bonchev–Trinajstić information content (AvgIpc) is 2.46. The Balaban J connectivity index is 2.63. The van der Waals surface area contributed by atoms with Crippen LogP contribution in [0.2, 0.25) is 20.1 Å². The molecule has 8 heteroatoms. The van der Waals surface area contributed by atoms with Crippen molar-refractivity contribution >= 4 is 57.8 Å². The molecule has 0 fully saturated rings. The summed E-state index contributed by atoms with van der Waals surface area (Å²) in [4.78, 5) is 0. The van der Waals surface area contributed by atoms with E-state index < -0.39 is 11.4 Å². The maximum Gasteiger partial charge on any atom is 0.305 e. The van der Waals surface area contributed by atoms with Crippen molar-refractivity contribution < 1.29 is 12.6 Å². The van der Waals surface area contributed by atoms with Crippen LogP contribution in [0.1, 0.15) is 11.1 Å². The molecule has 0 aromatic heterocycles. The molecule has 0 unspecified atom stereocenters. The third kappa shape index (κ3) is 2.20. The van der Waals surface area contributed by atoms with E-state index in [2.05, 4.69) is 0 Å². The van der Waals surface area contributed by atoms with Crippen molar-refractivity contribution in [1.29, 1.82) is 0 Å². The zero-order chi connectivity index (χ0) is 11.9. The van der Waals surface area contributed by atoms with E-state index in [1.54, 1.807) is 0 Å². The molecule has 0 radical (unpaired) electrons. The molecule has 0 spiro atoms. The van der Waals surface area contributed by atoms with Gasteiger partial charge in [0.25, 0.3) is 0 Å². The highest BCUT2D eigenvalue weighted by Crippen LogP contribution is 2.42. The van der Waals surface area contributed by atoms with Crippen LogP contribution in [-0.4, -0.2) is 4.21 Å². The summed E-state index contributed by atoms with van der Waals surface area (Å²) in [6.07, 6.45) is 0. The molecule has 88 valence electrons. The average molecular weight is 322 g/mol. The van der Waals surface area contributed by atoms with Gasteiger partial charge >= 0.3 is 11.4 Å². The minimum atomic E-state index is -1.82. The predicted molar refractivity (Wildman–Crippen MR) is 64.2 cm³/mol. The molecule has 0 bridgehead atoms. The van der Waals surface area contributed by atoms with Crippen LogP contribution in [0, 0.1) is 0 Å². The quantitative estimate of drug-likeness (QED) is 0.536. The van der Waals surface area contributed by atoms with Gasteiger partial charge in [0.15, 0.2) is 0 Å². The molecule has 16 heavy (non-hydrogen) atoms. The first-order valence-electron chi connectivity index (χ1n) is 4.04. The van der Waals surface area contributed by atoms with E-state index in [1.165, 1.54) is 0 Å². The summed E-state index contributed by atoms with van der Waals surface area (Å²) in [7, 11) is 0. The van der Waals surface area contributed by atoms with Crippen LogP contribution in [0.3, 0.4) is 0 Å². The monoisotopic (exact) mass is 320 g/mol. The summed E-state index contributed by atoms with van der Waals surface area (Å²) in [6.45, 7) is 0.0226. The minimum Gasteiger partial charge on any atom is -0.264 e. The SMILES string of the molecule is O=S1OCc2c(Cl)c(Cl)c(Cl)c(Cl)c2CO1. The molecule has 3 nitrogen and oxygen atoms in total. The predicted octanol–water partition coefficient (Wildman–Crippen LogP) is 3.93. The fraction of sp³-hybridized carbons (Fsp3) is 0.250. The summed E-state index contributed by atoms with van der Waals surface area (Å²) in [5, 5.41) is 0.800. The van der Waals surface area contributed by atoms with Gasteiger partial charge in [-0.2, -0.15) is 4.21 Å². The zero-order valence-electron chi connectivity index (χ0n) is 7.56. The van der Waals surface area contributed by atoms with Crippen molar-refractivity contribution in [2.24, 2.45) is 0 Å². The molecule has 1 aliphatic rings. The molecule has 2 rings (SSSR count). The van der Waals surface area contributed by atoms with Crippen molar-refractivity contribution in [2.45, 2.75) is 13.2 Å². The van der Waals surface area contributed by atoms with Gasteiger partial charge in [0.05, 0.1) is 33.3 Å². The first-order valence-corrected chi connectivity index (χ1v) is 6.55. The lowest BCUT2D eigenvalue weighted by Gasteiger charge is -2.12. The van der Waals surface area contributed by atoms with Crippen LogP contribution in [0.5, 0.6) is 0 Å². The van der Waals surface area contributed by atoms with E-state index in [-0.39, 0.29) is 33.3 Å². The van der Waals surface area contributed by atoms with Crippen molar-refractivity contribution in [3.63, 3.8) is 0 Å². The number of rotatable bonds is 0. The first-order chi connectivity index (χ1) is 7.52. The van der Waals surface area contributed by atoms with Crippen molar-refractivity contribution in [3.8, 4) is 0 Å². The highest BCUT2D eigenvalue weighted by atomic mass is 35.5. The van der Waals surface area contributed by atoms with Gasteiger partial charge in [0.1, 0.15) is 0 Å². The van der Waals surface area contributed by atoms with E-state index in [9.17, 15) is 4.21 Å². The molecule has 1 aliphatic heterocycles. The second-order valence-corrected chi connectivity index (χ2v) is 5.33. The van der Waals surface area contributed by atoms with Crippen molar-refractivity contribution in [1.82, 2.24) is 0 Å². The maximum atomic E-state index is 11.1. The van der Waals surface area contributed by atoms with Crippen LogP contribution in [-0.2, 0) is 32.9 Å². The second kappa shape index (κ2) is 4.98. The Kier molecular flexibility index (Phi) is 4.01. The first kappa shape index (κ1) is 12.9. The fourth-order valence-electron chi connectivity index (χ4n) is 1.27. The Morgan fingerprint density at radius 1 is 0.812 bits per heavy atom. The molecule has 1 aromatic rings. The minimum absolute atomic E-state index is 0.0113. The molecular weight excluding hydrogens is 318 g/mol. The van der Waals surface area contributed by atoms with Gasteiger partial charge in [-0.25, -0.2) is 0 Å². The maximum absolute atomic E-state index is 11.1. The molecular formula is C8H4Cl4O3S. The molecule has 1 aromatic carbocycles. The highest BCUT2D eigenvalue weighted by Gasteiger charge is 2.24. The number of hydrogen-bond acceptors (Lipinski definition) is 3. The zero-order valence-corrected chi connectivity index (χ0v) is 11.4. The second-order valence-electron chi connectivity index (χ2n) is 2.94. The summed E-state index contributed by atoms with van der Waals surface area (Å²) >= 11 is 22.0. The third-order valence-electron chi connectivity index (χ3n) is 2.07. The van der Waals surface area contributed by atoms with Gasteiger partial charge in [-0.1, -0.05) is 46.4 Å². The normalized spacial score (nSPS) is 17.0. The van der Waals surface area contributed by atoms with E-state index in [0.717, 1.165) is 0 Å². The largest absolute Gasteiger partial charge is 0.305 e. The van der Waals surface area contributed by atoms with Gasteiger partial charge in [-0.15, -0.1) is 0 Å². The van der Waals surface area contributed by atoms with Crippen LogP contribution >= 0.6 is 46.4 Å². The van der Waals surface area contributed by atoms with Crippen LogP contribution in [0.25, 0.3) is 0 Å². The lowest BCUT2D eigenvalue weighted by Crippen LogP contribution is -1.96. The van der Waals surface area contributed by atoms with E-state index >= 15 is 0 Å². The summed E-state index contributed by atoms with van der Waals surface area (Å²) < 4.78 is 20.8. The number of halogens is 4.